The van der Waals surface area contributed by atoms with Crippen molar-refractivity contribution < 1.29 is 13.6 Å². The number of halogens is 2. The zero-order chi connectivity index (χ0) is 12.4. The molecule has 0 saturated heterocycles. The summed E-state index contributed by atoms with van der Waals surface area (Å²) in [6, 6.07) is 5.44. The van der Waals surface area contributed by atoms with Crippen molar-refractivity contribution >= 4 is 6.29 Å². The zero-order valence-electron chi connectivity index (χ0n) is 9.08. The molecular formula is C13H9F2NO. The number of carbonyl (C=O) groups excluding carboxylic acids is 1. The SMILES string of the molecule is Cc1ccnc(-c2cccc(F)c2F)c1C=O. The fourth-order valence-corrected chi connectivity index (χ4v) is 1.62. The largest absolute Gasteiger partial charge is 0.298 e. The van der Waals surface area contributed by atoms with Crippen LogP contribution in [-0.4, -0.2) is 11.3 Å². The van der Waals surface area contributed by atoms with Crippen LogP contribution in [0.2, 0.25) is 0 Å². The van der Waals surface area contributed by atoms with E-state index in [1.165, 1.54) is 18.3 Å². The first-order valence-corrected chi connectivity index (χ1v) is 5.00. The third kappa shape index (κ3) is 1.93. The predicted molar refractivity (Wildman–Crippen MR) is 59.7 cm³/mol. The summed E-state index contributed by atoms with van der Waals surface area (Å²) in [5, 5.41) is 0. The van der Waals surface area contributed by atoms with Crippen LogP contribution in [0.5, 0.6) is 0 Å². The molecule has 2 rings (SSSR count). The van der Waals surface area contributed by atoms with E-state index < -0.39 is 11.6 Å². The molecule has 1 heterocycles. The number of rotatable bonds is 2. The minimum absolute atomic E-state index is 0.00389. The number of aryl methyl sites for hydroxylation is 1. The van der Waals surface area contributed by atoms with Gasteiger partial charge in [0, 0.05) is 17.3 Å². The molecule has 0 radical (unpaired) electrons. The molecular weight excluding hydrogens is 224 g/mol. The smallest absolute Gasteiger partial charge is 0.168 e. The van der Waals surface area contributed by atoms with Crippen molar-refractivity contribution in [2.45, 2.75) is 6.92 Å². The lowest BCUT2D eigenvalue weighted by atomic mass is 10.0. The number of nitrogens with zero attached hydrogens (tertiary/aromatic N) is 1. The van der Waals surface area contributed by atoms with E-state index in [-0.39, 0.29) is 16.8 Å². The Kier molecular flexibility index (Phi) is 2.95. The third-order valence-corrected chi connectivity index (χ3v) is 2.53. The summed E-state index contributed by atoms with van der Waals surface area (Å²) in [5.74, 6) is -1.95. The molecule has 4 heteroatoms. The maximum absolute atomic E-state index is 13.6. The molecule has 0 saturated carbocycles. The van der Waals surface area contributed by atoms with Crippen molar-refractivity contribution in [2.75, 3.05) is 0 Å². The number of pyridine rings is 1. The van der Waals surface area contributed by atoms with Crippen LogP contribution in [0, 0.1) is 18.6 Å². The molecule has 0 bridgehead atoms. The Labute approximate surface area is 96.9 Å². The Morgan fingerprint density at radius 2 is 2.00 bits per heavy atom. The molecule has 0 fully saturated rings. The van der Waals surface area contributed by atoms with Crippen molar-refractivity contribution in [3.05, 3.63) is 53.2 Å². The first kappa shape index (κ1) is 11.4. The van der Waals surface area contributed by atoms with Crippen LogP contribution in [-0.2, 0) is 0 Å². The van der Waals surface area contributed by atoms with Crippen molar-refractivity contribution in [2.24, 2.45) is 0 Å². The predicted octanol–water partition coefficient (Wildman–Crippen LogP) is 3.15. The number of hydrogen-bond acceptors (Lipinski definition) is 2. The second-order valence-electron chi connectivity index (χ2n) is 3.61. The van der Waals surface area contributed by atoms with Gasteiger partial charge in [-0.3, -0.25) is 9.78 Å². The number of benzene rings is 1. The van der Waals surface area contributed by atoms with E-state index in [0.717, 1.165) is 6.07 Å². The maximum atomic E-state index is 13.6. The van der Waals surface area contributed by atoms with Gasteiger partial charge in [0.25, 0.3) is 0 Å². The van der Waals surface area contributed by atoms with E-state index in [4.69, 9.17) is 0 Å². The lowest BCUT2D eigenvalue weighted by molar-refractivity contribution is 0.112. The topological polar surface area (TPSA) is 30.0 Å². The van der Waals surface area contributed by atoms with E-state index in [1.54, 1.807) is 13.0 Å². The zero-order valence-corrected chi connectivity index (χ0v) is 9.08. The standard InChI is InChI=1S/C13H9F2NO/c1-8-5-6-16-13(10(8)7-17)9-3-2-4-11(14)12(9)15/h2-7H,1H3. The monoisotopic (exact) mass is 233 g/mol. The summed E-state index contributed by atoms with van der Waals surface area (Å²) in [5.41, 5.74) is 1.11. The number of aldehydes is 1. The van der Waals surface area contributed by atoms with Crippen LogP contribution in [0.1, 0.15) is 15.9 Å². The van der Waals surface area contributed by atoms with E-state index in [0.29, 0.717) is 11.8 Å². The Hall–Kier alpha value is -2.10. The molecule has 0 amide bonds. The van der Waals surface area contributed by atoms with Gasteiger partial charge >= 0.3 is 0 Å². The minimum Gasteiger partial charge on any atom is -0.298 e. The fraction of sp³-hybridized carbons (Fsp3) is 0.0769. The molecule has 0 atom stereocenters. The lowest BCUT2D eigenvalue weighted by Crippen LogP contribution is -1.98. The molecule has 17 heavy (non-hydrogen) atoms. The van der Waals surface area contributed by atoms with E-state index >= 15 is 0 Å². The van der Waals surface area contributed by atoms with Gasteiger partial charge < -0.3 is 0 Å². The van der Waals surface area contributed by atoms with Crippen molar-refractivity contribution in [3.63, 3.8) is 0 Å². The summed E-state index contributed by atoms with van der Waals surface area (Å²) >= 11 is 0. The quantitative estimate of drug-likeness (QED) is 0.746. The molecule has 0 aliphatic rings. The number of carbonyl (C=O) groups is 1. The Morgan fingerprint density at radius 3 is 2.71 bits per heavy atom. The molecule has 2 aromatic rings. The van der Waals surface area contributed by atoms with Crippen LogP contribution in [0.4, 0.5) is 8.78 Å². The molecule has 1 aromatic heterocycles. The molecule has 0 unspecified atom stereocenters. The average Bonchev–Trinajstić information content (AvgIpc) is 2.32. The molecule has 86 valence electrons. The molecule has 0 N–H and O–H groups in total. The highest BCUT2D eigenvalue weighted by Gasteiger charge is 2.15. The van der Waals surface area contributed by atoms with Gasteiger partial charge in [0.05, 0.1) is 5.69 Å². The highest BCUT2D eigenvalue weighted by Crippen LogP contribution is 2.26. The Bertz CT molecular complexity index is 582. The second-order valence-corrected chi connectivity index (χ2v) is 3.61. The van der Waals surface area contributed by atoms with Crippen molar-refractivity contribution in [1.82, 2.24) is 4.98 Å². The van der Waals surface area contributed by atoms with Gasteiger partial charge in [0.1, 0.15) is 0 Å². The Balaban J connectivity index is 2.73. The normalized spacial score (nSPS) is 10.3. The summed E-state index contributed by atoms with van der Waals surface area (Å²) in [6.07, 6.45) is 2.06. The minimum atomic E-state index is -0.992. The van der Waals surface area contributed by atoms with Gasteiger partial charge in [-0.05, 0) is 30.7 Å². The van der Waals surface area contributed by atoms with Crippen molar-refractivity contribution in [3.8, 4) is 11.3 Å². The summed E-state index contributed by atoms with van der Waals surface area (Å²) < 4.78 is 26.7. The second kappa shape index (κ2) is 4.41. The first-order chi connectivity index (χ1) is 8.15. The fourth-order valence-electron chi connectivity index (χ4n) is 1.62. The molecule has 0 aliphatic carbocycles. The lowest BCUT2D eigenvalue weighted by Gasteiger charge is -2.07. The van der Waals surface area contributed by atoms with Gasteiger partial charge in [-0.2, -0.15) is 0 Å². The van der Waals surface area contributed by atoms with E-state index in [9.17, 15) is 13.6 Å². The highest BCUT2D eigenvalue weighted by molar-refractivity contribution is 5.87. The maximum Gasteiger partial charge on any atom is 0.168 e. The van der Waals surface area contributed by atoms with Gasteiger partial charge in [0.15, 0.2) is 17.9 Å². The summed E-state index contributed by atoms with van der Waals surface area (Å²) in [6.45, 7) is 1.71. The van der Waals surface area contributed by atoms with Crippen molar-refractivity contribution in [1.29, 1.82) is 0 Å². The van der Waals surface area contributed by atoms with E-state index in [2.05, 4.69) is 4.98 Å². The summed E-state index contributed by atoms with van der Waals surface area (Å²) in [4.78, 5) is 14.9. The molecule has 0 aliphatic heterocycles. The van der Waals surface area contributed by atoms with Gasteiger partial charge in [0.2, 0.25) is 0 Å². The Morgan fingerprint density at radius 1 is 1.24 bits per heavy atom. The first-order valence-electron chi connectivity index (χ1n) is 5.00. The van der Waals surface area contributed by atoms with Crippen LogP contribution in [0.3, 0.4) is 0 Å². The summed E-state index contributed by atoms with van der Waals surface area (Å²) in [7, 11) is 0. The molecule has 1 aromatic carbocycles. The number of aromatic nitrogens is 1. The van der Waals surface area contributed by atoms with Crippen LogP contribution in [0.15, 0.2) is 30.5 Å². The third-order valence-electron chi connectivity index (χ3n) is 2.53. The van der Waals surface area contributed by atoms with Gasteiger partial charge in [-0.25, -0.2) is 8.78 Å². The molecule has 2 nitrogen and oxygen atoms in total. The van der Waals surface area contributed by atoms with Gasteiger partial charge in [-0.1, -0.05) is 6.07 Å². The van der Waals surface area contributed by atoms with E-state index in [1.807, 2.05) is 0 Å². The number of hydrogen-bond donors (Lipinski definition) is 0. The van der Waals surface area contributed by atoms with Crippen LogP contribution in [0.25, 0.3) is 11.3 Å². The van der Waals surface area contributed by atoms with Crippen LogP contribution < -0.4 is 0 Å². The van der Waals surface area contributed by atoms with Crippen LogP contribution >= 0.6 is 0 Å². The van der Waals surface area contributed by atoms with Gasteiger partial charge in [-0.15, -0.1) is 0 Å². The average molecular weight is 233 g/mol. The highest BCUT2D eigenvalue weighted by atomic mass is 19.2. The molecule has 0 spiro atoms.